The maximum atomic E-state index is 15.0. The number of aliphatic hydroxyl groups excluding tert-OH is 1. The highest BCUT2D eigenvalue weighted by atomic mass is 19.1. The van der Waals surface area contributed by atoms with Gasteiger partial charge in [-0.2, -0.15) is 0 Å². The number of carbonyl (C=O) groups excluding carboxylic acids is 3. The predicted molar refractivity (Wildman–Crippen MR) is 127 cm³/mol. The van der Waals surface area contributed by atoms with E-state index < -0.39 is 41.8 Å². The molecule has 0 aromatic heterocycles. The Labute approximate surface area is 203 Å². The van der Waals surface area contributed by atoms with E-state index in [2.05, 4.69) is 5.32 Å². The molecule has 0 bridgehead atoms. The number of cyclic esters (lactones) is 1. The molecule has 1 fully saturated rings. The number of aliphatic hydroxyl groups is 1. The minimum Gasteiger partial charge on any atom is -0.444 e. The van der Waals surface area contributed by atoms with E-state index in [1.165, 1.54) is 24.0 Å². The molecular weight excluding hydrogens is 457 g/mol. The van der Waals surface area contributed by atoms with E-state index in [0.717, 1.165) is 0 Å². The number of nitrogens with one attached hydrogen (secondary N) is 1. The Bertz CT molecular complexity index is 1100. The lowest BCUT2D eigenvalue weighted by Gasteiger charge is -2.23. The Morgan fingerprint density at radius 1 is 1.26 bits per heavy atom. The van der Waals surface area contributed by atoms with Crippen molar-refractivity contribution in [3.05, 3.63) is 53.8 Å². The molecule has 1 saturated heterocycles. The predicted octanol–water partition coefficient (Wildman–Crippen LogP) is 3.29. The first-order valence-corrected chi connectivity index (χ1v) is 11.1. The summed E-state index contributed by atoms with van der Waals surface area (Å²) in [4.78, 5) is 37.0. The van der Waals surface area contributed by atoms with Gasteiger partial charge in [0.2, 0.25) is 0 Å². The summed E-state index contributed by atoms with van der Waals surface area (Å²) >= 11 is 0. The second kappa shape index (κ2) is 10.4. The molecule has 3 unspecified atom stereocenters. The van der Waals surface area contributed by atoms with E-state index in [1.54, 1.807) is 51.1 Å². The normalized spacial score (nSPS) is 17.5. The van der Waals surface area contributed by atoms with Crippen LogP contribution in [0.25, 0.3) is 11.1 Å². The van der Waals surface area contributed by atoms with Crippen molar-refractivity contribution < 1.29 is 33.4 Å². The molecule has 3 atom stereocenters. The van der Waals surface area contributed by atoms with Gasteiger partial charge in [-0.05, 0) is 57.0 Å². The second-order valence-electron chi connectivity index (χ2n) is 9.34. The van der Waals surface area contributed by atoms with Gasteiger partial charge in [-0.15, -0.1) is 0 Å². The summed E-state index contributed by atoms with van der Waals surface area (Å²) in [6, 6.07) is 9.37. The van der Waals surface area contributed by atoms with Crippen LogP contribution >= 0.6 is 0 Å². The Kier molecular flexibility index (Phi) is 7.76. The van der Waals surface area contributed by atoms with E-state index in [-0.39, 0.29) is 24.6 Å². The average Bonchev–Trinajstić information content (AvgIpc) is 3.17. The summed E-state index contributed by atoms with van der Waals surface area (Å²) in [7, 11) is 0. The minimum absolute atomic E-state index is 0.0419. The van der Waals surface area contributed by atoms with Gasteiger partial charge in [-0.25, -0.2) is 14.0 Å². The Hall–Kier alpha value is -3.50. The van der Waals surface area contributed by atoms with Gasteiger partial charge in [0.05, 0.1) is 24.9 Å². The van der Waals surface area contributed by atoms with Gasteiger partial charge in [0.1, 0.15) is 29.3 Å². The monoisotopic (exact) mass is 487 g/mol. The number of ketones is 1. The van der Waals surface area contributed by atoms with Crippen molar-refractivity contribution in [2.45, 2.75) is 51.5 Å². The Morgan fingerprint density at radius 3 is 2.46 bits per heavy atom. The van der Waals surface area contributed by atoms with Gasteiger partial charge in [-0.1, -0.05) is 24.3 Å². The molecule has 0 aliphatic carbocycles. The lowest BCUT2D eigenvalue weighted by Crippen LogP contribution is -2.43. The molecule has 0 saturated carbocycles. The molecule has 1 heterocycles. The smallest absolute Gasteiger partial charge is 0.414 e. The zero-order valence-electron chi connectivity index (χ0n) is 20.1. The summed E-state index contributed by atoms with van der Waals surface area (Å²) in [5.74, 6) is -0.868. The van der Waals surface area contributed by atoms with Crippen LogP contribution in [-0.2, 0) is 14.3 Å². The van der Waals surface area contributed by atoms with Crippen LogP contribution in [0.2, 0.25) is 0 Å². The number of benzene rings is 2. The highest BCUT2D eigenvalue weighted by molar-refractivity contribution is 5.92. The van der Waals surface area contributed by atoms with Crippen LogP contribution in [0.5, 0.6) is 0 Å². The molecule has 35 heavy (non-hydrogen) atoms. The third kappa shape index (κ3) is 6.34. The molecule has 2 aromatic rings. The van der Waals surface area contributed by atoms with E-state index >= 15 is 0 Å². The number of halogens is 1. The molecule has 2 aromatic carbocycles. The van der Waals surface area contributed by atoms with Gasteiger partial charge in [0, 0.05) is 5.56 Å². The fourth-order valence-electron chi connectivity index (χ4n) is 3.63. The lowest BCUT2D eigenvalue weighted by atomic mass is 10.00. The average molecular weight is 488 g/mol. The molecule has 0 radical (unpaired) electrons. The van der Waals surface area contributed by atoms with Gasteiger partial charge in [0.15, 0.2) is 0 Å². The molecule has 188 valence electrons. The molecule has 4 N–H and O–H groups in total. The maximum absolute atomic E-state index is 15.0. The summed E-state index contributed by atoms with van der Waals surface area (Å²) in [6.45, 7) is 6.23. The van der Waals surface area contributed by atoms with Crippen molar-refractivity contribution in [3.8, 4) is 11.1 Å². The highest BCUT2D eigenvalue weighted by Crippen LogP contribution is 2.30. The molecule has 1 aliphatic heterocycles. The standard InChI is InChI=1S/C25H30FN3O6/c1-14(31)22(27)21-12-29(24(33)34-21)17-9-10-18(19(26)11-17)15-5-7-16(8-6-15)20(13-30)28-23(32)35-25(2,3)4/h5-11,20-22,30H,12-13,27H2,1-4H3,(H,28,32). The first-order valence-electron chi connectivity index (χ1n) is 11.1. The highest BCUT2D eigenvalue weighted by Gasteiger charge is 2.38. The number of Topliss-reactive ketones (excluding diaryl/α,β-unsaturated/α-hetero) is 1. The van der Waals surface area contributed by atoms with Crippen molar-refractivity contribution in [3.63, 3.8) is 0 Å². The number of alkyl carbamates (subject to hydrolysis) is 1. The van der Waals surface area contributed by atoms with Crippen LogP contribution in [0.1, 0.15) is 39.3 Å². The third-order valence-corrected chi connectivity index (χ3v) is 5.47. The summed E-state index contributed by atoms with van der Waals surface area (Å²) in [6.07, 6.45) is -2.16. The largest absolute Gasteiger partial charge is 0.444 e. The van der Waals surface area contributed by atoms with Crippen LogP contribution in [0.3, 0.4) is 0 Å². The van der Waals surface area contributed by atoms with Crippen LogP contribution in [0.15, 0.2) is 42.5 Å². The summed E-state index contributed by atoms with van der Waals surface area (Å²) in [5, 5.41) is 12.3. The molecular formula is C25H30FN3O6. The molecule has 2 amide bonds. The number of ether oxygens (including phenoxy) is 2. The number of carbonyl (C=O) groups is 3. The van der Waals surface area contributed by atoms with Crippen molar-refractivity contribution in [2.75, 3.05) is 18.1 Å². The number of hydrogen-bond acceptors (Lipinski definition) is 7. The topological polar surface area (TPSA) is 131 Å². The Balaban J connectivity index is 1.74. The van der Waals surface area contributed by atoms with Gasteiger partial charge in [-0.3, -0.25) is 9.69 Å². The minimum atomic E-state index is -0.945. The molecule has 9 nitrogen and oxygen atoms in total. The Morgan fingerprint density at radius 2 is 1.91 bits per heavy atom. The van der Waals surface area contributed by atoms with Gasteiger partial charge >= 0.3 is 12.2 Å². The lowest BCUT2D eigenvalue weighted by molar-refractivity contribution is -0.120. The summed E-state index contributed by atoms with van der Waals surface area (Å²) in [5.41, 5.74) is 6.86. The van der Waals surface area contributed by atoms with Crippen molar-refractivity contribution in [1.29, 1.82) is 0 Å². The van der Waals surface area contributed by atoms with Gasteiger partial charge < -0.3 is 25.6 Å². The number of anilines is 1. The van der Waals surface area contributed by atoms with Crippen LogP contribution in [0, 0.1) is 5.82 Å². The van der Waals surface area contributed by atoms with E-state index in [1.807, 2.05) is 0 Å². The third-order valence-electron chi connectivity index (χ3n) is 5.47. The fraction of sp³-hybridized carbons (Fsp3) is 0.400. The maximum Gasteiger partial charge on any atom is 0.414 e. The van der Waals surface area contributed by atoms with Crippen molar-refractivity contribution >= 4 is 23.7 Å². The van der Waals surface area contributed by atoms with E-state index in [4.69, 9.17) is 15.2 Å². The van der Waals surface area contributed by atoms with E-state index in [0.29, 0.717) is 16.7 Å². The summed E-state index contributed by atoms with van der Waals surface area (Å²) < 4.78 is 25.4. The van der Waals surface area contributed by atoms with Gasteiger partial charge in [0.25, 0.3) is 0 Å². The number of hydrogen-bond donors (Lipinski definition) is 3. The molecule has 3 rings (SSSR count). The quantitative estimate of drug-likeness (QED) is 0.546. The van der Waals surface area contributed by atoms with Crippen LogP contribution < -0.4 is 16.0 Å². The number of nitrogens with two attached hydrogens (primary N) is 1. The van der Waals surface area contributed by atoms with Crippen molar-refractivity contribution in [1.82, 2.24) is 5.32 Å². The number of nitrogens with zero attached hydrogens (tertiary/aromatic N) is 1. The first-order chi connectivity index (χ1) is 16.4. The first kappa shape index (κ1) is 26.1. The zero-order chi connectivity index (χ0) is 25.9. The molecule has 1 aliphatic rings. The number of amides is 2. The zero-order valence-corrected chi connectivity index (χ0v) is 20.1. The molecule has 10 heteroatoms. The molecule has 0 spiro atoms. The van der Waals surface area contributed by atoms with E-state index in [9.17, 15) is 23.9 Å². The van der Waals surface area contributed by atoms with Crippen LogP contribution in [0.4, 0.5) is 19.7 Å². The van der Waals surface area contributed by atoms with Crippen molar-refractivity contribution in [2.24, 2.45) is 5.73 Å². The van der Waals surface area contributed by atoms with Crippen LogP contribution in [-0.4, -0.2) is 54.0 Å². The second-order valence-corrected chi connectivity index (χ2v) is 9.34. The number of rotatable bonds is 7. The fourth-order valence-corrected chi connectivity index (χ4v) is 3.63. The SMILES string of the molecule is CC(=O)C(N)C1CN(c2ccc(-c3ccc(C(CO)NC(=O)OC(C)(C)C)cc3)c(F)c2)C(=O)O1.